The highest BCUT2D eigenvalue weighted by atomic mass is 32.1. The minimum Gasteiger partial charge on any atom is -0.457 e. The fourth-order valence-corrected chi connectivity index (χ4v) is 5.46. The van der Waals surface area contributed by atoms with Gasteiger partial charge in [-0.2, -0.15) is 0 Å². The highest BCUT2D eigenvalue weighted by Gasteiger charge is 2.37. The summed E-state index contributed by atoms with van der Waals surface area (Å²) in [7, 11) is 1.58. The number of hydrogen-bond acceptors (Lipinski definition) is 7. The van der Waals surface area contributed by atoms with Crippen molar-refractivity contribution in [3.05, 3.63) is 42.2 Å². The van der Waals surface area contributed by atoms with Crippen LogP contribution in [0.2, 0.25) is 0 Å². The predicted octanol–water partition coefficient (Wildman–Crippen LogP) is 4.56. The number of fused-ring (bicyclic) bond motifs is 1. The van der Waals surface area contributed by atoms with Crippen molar-refractivity contribution >= 4 is 32.6 Å². The smallest absolute Gasteiger partial charge is 0.269 e. The van der Waals surface area contributed by atoms with Gasteiger partial charge < -0.3 is 20.7 Å². The number of carbonyl (C=O) groups is 1. The lowest BCUT2D eigenvalue weighted by molar-refractivity contribution is 0.0957. The average Bonchev–Trinajstić information content (AvgIpc) is 3.06. The van der Waals surface area contributed by atoms with E-state index in [4.69, 9.17) is 9.72 Å². The number of ether oxygens (including phenoxy) is 1. The third-order valence-electron chi connectivity index (χ3n) is 5.30. The van der Waals surface area contributed by atoms with E-state index in [1.807, 2.05) is 18.2 Å². The van der Waals surface area contributed by atoms with E-state index >= 15 is 0 Å². The number of thiazole rings is 1. The van der Waals surface area contributed by atoms with Crippen LogP contribution >= 0.6 is 11.3 Å². The van der Waals surface area contributed by atoms with Gasteiger partial charge >= 0.3 is 0 Å². The Morgan fingerprint density at radius 2 is 1.84 bits per heavy atom. The van der Waals surface area contributed by atoms with Gasteiger partial charge in [0.25, 0.3) is 5.91 Å². The Kier molecular flexibility index (Phi) is 5.61. The van der Waals surface area contributed by atoms with Gasteiger partial charge in [0.2, 0.25) is 0 Å². The van der Waals surface area contributed by atoms with Crippen LogP contribution in [0.1, 0.15) is 51.0 Å². The van der Waals surface area contributed by atoms with E-state index in [2.05, 4.69) is 48.6 Å². The highest BCUT2D eigenvalue weighted by molar-refractivity contribution is 7.22. The third kappa shape index (κ3) is 5.14. The number of amides is 1. The van der Waals surface area contributed by atoms with Crippen LogP contribution in [-0.4, -0.2) is 40.0 Å². The van der Waals surface area contributed by atoms with Gasteiger partial charge in [-0.15, -0.1) is 0 Å². The molecule has 7 nitrogen and oxygen atoms in total. The number of pyridine rings is 1. The van der Waals surface area contributed by atoms with Gasteiger partial charge in [-0.05, 0) is 58.7 Å². The van der Waals surface area contributed by atoms with Gasteiger partial charge in [0.15, 0.2) is 5.13 Å². The Bertz CT molecular complexity index is 1090. The summed E-state index contributed by atoms with van der Waals surface area (Å²) in [5, 5.41) is 10.9. The Balaban J connectivity index is 1.50. The van der Waals surface area contributed by atoms with E-state index in [1.165, 1.54) is 0 Å². The van der Waals surface area contributed by atoms with Gasteiger partial charge in [0.05, 0.1) is 10.2 Å². The molecule has 1 saturated heterocycles. The molecule has 4 rings (SSSR count). The maximum Gasteiger partial charge on any atom is 0.269 e. The topological polar surface area (TPSA) is 88.2 Å². The molecule has 0 saturated carbocycles. The monoisotopic (exact) mass is 439 g/mol. The number of carbonyl (C=O) groups excluding carboxylic acids is 1. The standard InChI is InChI=1S/C23H29N5O2S/c1-22(2)12-14(13-23(3,4)28-22)26-21-27-17-7-6-15(11-19(17)31-21)30-16-8-9-25-18(10-16)20(29)24-5/h6-11,14,28H,12-13H2,1-5H3,(H,24,29)(H,26,27). The molecule has 3 N–H and O–H groups in total. The SMILES string of the molecule is CNC(=O)c1cc(Oc2ccc3nc(NC4CC(C)(C)NC(C)(C)C4)sc3c2)ccn1. The molecule has 0 atom stereocenters. The third-order valence-corrected chi connectivity index (χ3v) is 6.25. The van der Waals surface area contributed by atoms with Crippen LogP contribution in [-0.2, 0) is 0 Å². The quantitative estimate of drug-likeness (QED) is 0.540. The number of nitrogens with zero attached hydrogens (tertiary/aromatic N) is 2. The summed E-state index contributed by atoms with van der Waals surface area (Å²) in [6.07, 6.45) is 3.64. The largest absolute Gasteiger partial charge is 0.457 e. The number of nitrogens with one attached hydrogen (secondary N) is 3. The van der Waals surface area contributed by atoms with Crippen molar-refractivity contribution in [2.45, 2.75) is 57.7 Å². The molecule has 0 radical (unpaired) electrons. The molecular formula is C23H29N5O2S. The summed E-state index contributed by atoms with van der Waals surface area (Å²) in [6, 6.07) is 9.56. The number of hydrogen-bond donors (Lipinski definition) is 3. The van der Waals surface area contributed by atoms with E-state index in [1.54, 1.807) is 36.7 Å². The van der Waals surface area contributed by atoms with Crippen molar-refractivity contribution in [3.8, 4) is 11.5 Å². The second-order valence-corrected chi connectivity index (χ2v) is 10.4. The average molecular weight is 440 g/mol. The molecule has 3 heterocycles. The lowest BCUT2D eigenvalue weighted by Gasteiger charge is -2.46. The second kappa shape index (κ2) is 8.09. The molecule has 0 spiro atoms. The van der Waals surface area contributed by atoms with Crippen LogP contribution in [0.3, 0.4) is 0 Å². The first kappa shape index (κ1) is 21.5. The number of aromatic nitrogens is 2. The zero-order valence-corrected chi connectivity index (χ0v) is 19.4. The van der Waals surface area contributed by atoms with E-state index < -0.39 is 0 Å². The normalized spacial score (nSPS) is 18.0. The zero-order valence-electron chi connectivity index (χ0n) is 18.6. The van der Waals surface area contributed by atoms with Crippen LogP contribution in [0, 0.1) is 0 Å². The molecule has 0 unspecified atom stereocenters. The van der Waals surface area contributed by atoms with Gasteiger partial charge in [-0.25, -0.2) is 4.98 Å². The van der Waals surface area contributed by atoms with Crippen LogP contribution in [0.4, 0.5) is 5.13 Å². The first-order valence-corrected chi connectivity index (χ1v) is 11.3. The number of rotatable bonds is 5. The number of piperidine rings is 1. The molecule has 1 aliphatic rings. The Morgan fingerprint density at radius 3 is 2.55 bits per heavy atom. The second-order valence-electron chi connectivity index (χ2n) is 9.35. The first-order valence-electron chi connectivity index (χ1n) is 10.4. The van der Waals surface area contributed by atoms with Crippen molar-refractivity contribution in [3.63, 3.8) is 0 Å². The molecule has 31 heavy (non-hydrogen) atoms. The number of anilines is 1. The molecule has 0 aliphatic carbocycles. The first-order chi connectivity index (χ1) is 14.6. The van der Waals surface area contributed by atoms with Gasteiger partial charge in [-0.3, -0.25) is 9.78 Å². The minimum absolute atomic E-state index is 0.0786. The maximum absolute atomic E-state index is 11.8. The summed E-state index contributed by atoms with van der Waals surface area (Å²) < 4.78 is 7.01. The Labute approximate surface area is 186 Å². The summed E-state index contributed by atoms with van der Waals surface area (Å²) >= 11 is 1.63. The molecule has 8 heteroatoms. The van der Waals surface area contributed by atoms with Gasteiger partial charge in [-0.1, -0.05) is 11.3 Å². The van der Waals surface area contributed by atoms with E-state index in [-0.39, 0.29) is 17.0 Å². The molecule has 2 aromatic heterocycles. The van der Waals surface area contributed by atoms with E-state index in [0.29, 0.717) is 23.2 Å². The predicted molar refractivity (Wildman–Crippen MR) is 125 cm³/mol. The van der Waals surface area contributed by atoms with Crippen LogP contribution in [0.5, 0.6) is 11.5 Å². The molecule has 3 aromatic rings. The maximum atomic E-state index is 11.8. The van der Waals surface area contributed by atoms with Crippen LogP contribution in [0.15, 0.2) is 36.5 Å². The minimum atomic E-state index is -0.247. The lowest BCUT2D eigenvalue weighted by Crippen LogP contribution is -2.60. The fourth-order valence-electron chi connectivity index (χ4n) is 4.49. The van der Waals surface area contributed by atoms with Crippen molar-refractivity contribution in [1.29, 1.82) is 0 Å². The summed E-state index contributed by atoms with van der Waals surface area (Å²) in [4.78, 5) is 20.6. The van der Waals surface area contributed by atoms with Crippen LogP contribution in [0.25, 0.3) is 10.2 Å². The Morgan fingerprint density at radius 1 is 1.13 bits per heavy atom. The molecule has 1 amide bonds. The fraction of sp³-hybridized carbons (Fsp3) is 0.435. The molecule has 1 aliphatic heterocycles. The summed E-state index contributed by atoms with van der Waals surface area (Å²) in [5.74, 6) is 1.01. The zero-order chi connectivity index (χ0) is 22.2. The van der Waals surface area contributed by atoms with Crippen molar-refractivity contribution < 1.29 is 9.53 Å². The molecule has 1 fully saturated rings. The van der Waals surface area contributed by atoms with Crippen molar-refractivity contribution in [1.82, 2.24) is 20.6 Å². The van der Waals surface area contributed by atoms with Crippen molar-refractivity contribution in [2.75, 3.05) is 12.4 Å². The molecule has 0 bridgehead atoms. The molecule has 164 valence electrons. The van der Waals surface area contributed by atoms with Crippen molar-refractivity contribution in [2.24, 2.45) is 0 Å². The number of benzene rings is 1. The lowest BCUT2D eigenvalue weighted by atomic mass is 9.80. The highest BCUT2D eigenvalue weighted by Crippen LogP contribution is 2.35. The summed E-state index contributed by atoms with van der Waals surface area (Å²) in [5.41, 5.74) is 1.41. The molecular weight excluding hydrogens is 410 g/mol. The van der Waals surface area contributed by atoms with Gasteiger partial charge in [0, 0.05) is 42.5 Å². The van der Waals surface area contributed by atoms with E-state index in [9.17, 15) is 4.79 Å². The van der Waals surface area contributed by atoms with E-state index in [0.717, 1.165) is 28.2 Å². The Hall–Kier alpha value is -2.71. The molecule has 1 aromatic carbocycles. The van der Waals surface area contributed by atoms with Crippen LogP contribution < -0.4 is 20.7 Å². The summed E-state index contributed by atoms with van der Waals surface area (Å²) in [6.45, 7) is 9.00. The van der Waals surface area contributed by atoms with Gasteiger partial charge in [0.1, 0.15) is 17.2 Å².